The second kappa shape index (κ2) is 5.28. The number of nitrogens with zero attached hydrogens (tertiary/aromatic N) is 1. The van der Waals surface area contributed by atoms with Crippen molar-refractivity contribution >= 4 is 0 Å². The highest BCUT2D eigenvalue weighted by atomic mass is 16.3. The Morgan fingerprint density at radius 1 is 1.27 bits per heavy atom. The Hall–Kier alpha value is -0.120. The summed E-state index contributed by atoms with van der Waals surface area (Å²) in [4.78, 5) is 2.21. The summed E-state index contributed by atoms with van der Waals surface area (Å²) in [7, 11) is 0. The van der Waals surface area contributed by atoms with Gasteiger partial charge in [-0.25, -0.2) is 0 Å². The van der Waals surface area contributed by atoms with Gasteiger partial charge in [-0.1, -0.05) is 19.8 Å². The molecule has 1 aliphatic rings. The molecule has 15 heavy (non-hydrogen) atoms. The van der Waals surface area contributed by atoms with Gasteiger partial charge >= 0.3 is 0 Å². The summed E-state index contributed by atoms with van der Waals surface area (Å²) < 4.78 is 0. The molecular formula is C12H25NO2. The van der Waals surface area contributed by atoms with Gasteiger partial charge in [-0.3, -0.25) is 4.90 Å². The first kappa shape index (κ1) is 12.9. The zero-order chi connectivity index (χ0) is 11.5. The van der Waals surface area contributed by atoms with Crippen LogP contribution in [0.2, 0.25) is 0 Å². The lowest BCUT2D eigenvalue weighted by Gasteiger charge is -2.39. The fourth-order valence-electron chi connectivity index (χ4n) is 2.48. The first-order valence-electron chi connectivity index (χ1n) is 6.08. The summed E-state index contributed by atoms with van der Waals surface area (Å²) in [5.74, 6) is 0. The maximum atomic E-state index is 9.94. The lowest BCUT2D eigenvalue weighted by Crippen LogP contribution is -2.50. The van der Waals surface area contributed by atoms with Crippen molar-refractivity contribution in [3.05, 3.63) is 0 Å². The zero-order valence-corrected chi connectivity index (χ0v) is 10.2. The van der Waals surface area contributed by atoms with E-state index in [1.165, 1.54) is 6.42 Å². The minimum Gasteiger partial charge on any atom is -0.391 e. The zero-order valence-electron chi connectivity index (χ0n) is 10.2. The van der Waals surface area contributed by atoms with Crippen LogP contribution in [0.3, 0.4) is 0 Å². The van der Waals surface area contributed by atoms with Crippen molar-refractivity contribution < 1.29 is 10.2 Å². The third-order valence-corrected chi connectivity index (χ3v) is 3.16. The molecule has 0 radical (unpaired) electrons. The molecule has 3 heteroatoms. The summed E-state index contributed by atoms with van der Waals surface area (Å²) in [5, 5.41) is 19.8. The average molecular weight is 215 g/mol. The highest BCUT2D eigenvalue weighted by Crippen LogP contribution is 2.24. The van der Waals surface area contributed by atoms with Crippen LogP contribution >= 0.6 is 0 Å². The molecule has 0 aromatic rings. The van der Waals surface area contributed by atoms with Crippen LogP contribution in [0.1, 0.15) is 46.5 Å². The molecular weight excluding hydrogens is 190 g/mol. The maximum Gasteiger partial charge on any atom is 0.0718 e. The lowest BCUT2D eigenvalue weighted by molar-refractivity contribution is -0.0252. The summed E-state index contributed by atoms with van der Waals surface area (Å²) >= 11 is 0. The number of aliphatic hydroxyl groups is 2. The number of hydrogen-bond acceptors (Lipinski definition) is 3. The van der Waals surface area contributed by atoms with E-state index >= 15 is 0 Å². The van der Waals surface area contributed by atoms with Crippen LogP contribution in [0.4, 0.5) is 0 Å². The Labute approximate surface area is 93.1 Å². The molecule has 90 valence electrons. The Bertz CT molecular complexity index is 189. The molecule has 0 amide bonds. The van der Waals surface area contributed by atoms with E-state index in [1.807, 2.05) is 13.8 Å². The van der Waals surface area contributed by atoms with Crippen molar-refractivity contribution in [3.63, 3.8) is 0 Å². The van der Waals surface area contributed by atoms with Gasteiger partial charge in [0.2, 0.25) is 0 Å². The molecule has 0 aromatic carbocycles. The number of aliphatic hydroxyl groups excluding tert-OH is 1. The highest BCUT2D eigenvalue weighted by molar-refractivity contribution is 4.85. The average Bonchev–Trinajstić information content (AvgIpc) is 2.14. The van der Waals surface area contributed by atoms with E-state index in [0.717, 1.165) is 25.8 Å². The van der Waals surface area contributed by atoms with Gasteiger partial charge in [-0.05, 0) is 33.2 Å². The van der Waals surface area contributed by atoms with Crippen LogP contribution in [0, 0.1) is 0 Å². The van der Waals surface area contributed by atoms with E-state index in [1.54, 1.807) is 0 Å². The molecule has 0 aliphatic heterocycles. The Morgan fingerprint density at radius 2 is 1.87 bits per heavy atom. The second-order valence-corrected chi connectivity index (χ2v) is 5.29. The molecule has 0 aromatic heterocycles. The van der Waals surface area contributed by atoms with E-state index in [2.05, 4.69) is 11.8 Å². The minimum atomic E-state index is -0.673. The van der Waals surface area contributed by atoms with Crippen LogP contribution < -0.4 is 0 Å². The largest absolute Gasteiger partial charge is 0.391 e. The van der Waals surface area contributed by atoms with Crippen LogP contribution in [0.15, 0.2) is 0 Å². The monoisotopic (exact) mass is 215 g/mol. The molecule has 0 saturated heterocycles. The summed E-state index contributed by atoms with van der Waals surface area (Å²) in [6, 6.07) is 0.246. The summed E-state index contributed by atoms with van der Waals surface area (Å²) in [6.07, 6.45) is 4.10. The highest BCUT2D eigenvalue weighted by Gasteiger charge is 2.30. The third-order valence-electron chi connectivity index (χ3n) is 3.16. The quantitative estimate of drug-likeness (QED) is 0.744. The van der Waals surface area contributed by atoms with Gasteiger partial charge in [0.25, 0.3) is 0 Å². The van der Waals surface area contributed by atoms with E-state index < -0.39 is 5.60 Å². The molecule has 1 fully saturated rings. The van der Waals surface area contributed by atoms with Gasteiger partial charge < -0.3 is 10.2 Å². The van der Waals surface area contributed by atoms with Gasteiger partial charge in [0.05, 0.1) is 11.7 Å². The molecule has 2 unspecified atom stereocenters. The van der Waals surface area contributed by atoms with Gasteiger partial charge in [-0.15, -0.1) is 0 Å². The van der Waals surface area contributed by atoms with Crippen molar-refractivity contribution in [2.24, 2.45) is 0 Å². The van der Waals surface area contributed by atoms with E-state index in [9.17, 15) is 10.2 Å². The molecule has 0 spiro atoms. The summed E-state index contributed by atoms with van der Waals surface area (Å²) in [6.45, 7) is 7.28. The molecule has 3 nitrogen and oxygen atoms in total. The predicted molar refractivity (Wildman–Crippen MR) is 61.8 cm³/mol. The molecule has 0 heterocycles. The third kappa shape index (κ3) is 4.09. The van der Waals surface area contributed by atoms with Gasteiger partial charge in [0, 0.05) is 12.6 Å². The van der Waals surface area contributed by atoms with Crippen molar-refractivity contribution in [2.45, 2.75) is 64.2 Å². The van der Waals surface area contributed by atoms with E-state index in [4.69, 9.17) is 0 Å². The topological polar surface area (TPSA) is 43.7 Å². The number of rotatable bonds is 4. The van der Waals surface area contributed by atoms with E-state index in [-0.39, 0.29) is 12.1 Å². The lowest BCUT2D eigenvalue weighted by atomic mass is 9.90. The van der Waals surface area contributed by atoms with Crippen molar-refractivity contribution in [2.75, 3.05) is 13.1 Å². The standard InChI is InChI=1S/C12H25NO2/c1-4-13(9-12(2,3)15)10-7-5-6-8-11(10)14/h10-11,14-15H,4-9H2,1-3H3. The number of likely N-dealkylation sites (N-methyl/N-ethyl adjacent to an activating group) is 1. The fraction of sp³-hybridized carbons (Fsp3) is 1.00. The van der Waals surface area contributed by atoms with Crippen molar-refractivity contribution in [3.8, 4) is 0 Å². The normalized spacial score (nSPS) is 28.4. The molecule has 1 aliphatic carbocycles. The van der Waals surface area contributed by atoms with Crippen LogP contribution in [0.5, 0.6) is 0 Å². The van der Waals surface area contributed by atoms with Gasteiger partial charge in [-0.2, -0.15) is 0 Å². The molecule has 2 N–H and O–H groups in total. The summed E-state index contributed by atoms with van der Waals surface area (Å²) in [5.41, 5.74) is -0.673. The van der Waals surface area contributed by atoms with Crippen LogP contribution in [0.25, 0.3) is 0 Å². The van der Waals surface area contributed by atoms with Crippen LogP contribution in [-0.2, 0) is 0 Å². The van der Waals surface area contributed by atoms with Gasteiger partial charge in [0.1, 0.15) is 0 Å². The molecule has 1 rings (SSSR count). The molecule has 2 atom stereocenters. The maximum absolute atomic E-state index is 9.94. The fourth-order valence-corrected chi connectivity index (χ4v) is 2.48. The minimum absolute atomic E-state index is 0.207. The predicted octanol–water partition coefficient (Wildman–Crippen LogP) is 1.38. The van der Waals surface area contributed by atoms with Gasteiger partial charge in [0.15, 0.2) is 0 Å². The SMILES string of the molecule is CCN(CC(C)(C)O)C1CCCCC1O. The van der Waals surface area contributed by atoms with Crippen molar-refractivity contribution in [1.29, 1.82) is 0 Å². The van der Waals surface area contributed by atoms with Crippen molar-refractivity contribution in [1.82, 2.24) is 4.90 Å². The molecule has 1 saturated carbocycles. The van der Waals surface area contributed by atoms with Crippen LogP contribution in [-0.4, -0.2) is 45.9 Å². The smallest absolute Gasteiger partial charge is 0.0718 e. The first-order valence-corrected chi connectivity index (χ1v) is 6.08. The Kier molecular flexibility index (Phi) is 4.56. The van der Waals surface area contributed by atoms with E-state index in [0.29, 0.717) is 6.54 Å². The Balaban J connectivity index is 2.56. The Morgan fingerprint density at radius 3 is 2.33 bits per heavy atom. The number of hydrogen-bond donors (Lipinski definition) is 2. The first-order chi connectivity index (χ1) is 6.94. The second-order valence-electron chi connectivity index (χ2n) is 5.29. The molecule has 0 bridgehead atoms.